The van der Waals surface area contributed by atoms with Crippen molar-refractivity contribution in [2.75, 3.05) is 38.3 Å². The number of anilines is 1. The molecule has 1 aromatic heterocycles. The van der Waals surface area contributed by atoms with Gasteiger partial charge in [0.25, 0.3) is 5.91 Å². The standard InChI is InChI=1S/C20H21F2N3O3S2.ClH/c1-24(2)8-5-9-25(19(26)13-6-4-7-15(10-13)30(3,27)28)20-23-18-16(22)11-14(21)12-17(18)29-20;/h4,6-7,10-12H,5,8-9H2,1-3H3;1H. The molecule has 1 heterocycles. The average Bonchev–Trinajstić information content (AvgIpc) is 3.08. The average molecular weight is 490 g/mol. The van der Waals surface area contributed by atoms with Gasteiger partial charge in [0.15, 0.2) is 20.8 Å². The normalized spacial score (nSPS) is 11.5. The highest BCUT2D eigenvalue weighted by Gasteiger charge is 2.23. The van der Waals surface area contributed by atoms with E-state index in [0.29, 0.717) is 13.0 Å². The third kappa shape index (κ3) is 5.97. The third-order valence-corrected chi connectivity index (χ3v) is 6.51. The Morgan fingerprint density at radius 3 is 2.48 bits per heavy atom. The number of aromatic nitrogens is 1. The Bertz CT molecular complexity index is 1200. The number of hydrogen-bond donors (Lipinski definition) is 0. The summed E-state index contributed by atoms with van der Waals surface area (Å²) in [5.41, 5.74) is 0.167. The Hall–Kier alpha value is -2.14. The van der Waals surface area contributed by atoms with E-state index in [1.165, 1.54) is 35.2 Å². The number of hydrogen-bond acceptors (Lipinski definition) is 6. The molecule has 0 bridgehead atoms. The number of amides is 1. The zero-order valence-corrected chi connectivity index (χ0v) is 19.6. The SMILES string of the molecule is CN(C)CCCN(C(=O)c1cccc(S(C)(=O)=O)c1)c1nc2c(F)cc(F)cc2s1.Cl. The number of halogens is 3. The first kappa shape index (κ1) is 25.1. The lowest BCUT2D eigenvalue weighted by molar-refractivity contribution is 0.0986. The molecule has 2 aromatic carbocycles. The van der Waals surface area contributed by atoms with E-state index in [9.17, 15) is 22.0 Å². The van der Waals surface area contributed by atoms with Gasteiger partial charge in [-0.15, -0.1) is 12.4 Å². The summed E-state index contributed by atoms with van der Waals surface area (Å²) in [6.45, 7) is 0.977. The highest BCUT2D eigenvalue weighted by Crippen LogP contribution is 2.32. The number of carbonyl (C=O) groups excluding carboxylic acids is 1. The van der Waals surface area contributed by atoms with Crippen molar-refractivity contribution in [1.82, 2.24) is 9.88 Å². The highest BCUT2D eigenvalue weighted by atomic mass is 35.5. The molecule has 168 valence electrons. The fourth-order valence-electron chi connectivity index (χ4n) is 2.91. The predicted octanol–water partition coefficient (Wildman–Crippen LogP) is 4.00. The van der Waals surface area contributed by atoms with Crippen molar-refractivity contribution in [3.8, 4) is 0 Å². The minimum atomic E-state index is -3.49. The maximum atomic E-state index is 14.1. The van der Waals surface area contributed by atoms with E-state index in [1.54, 1.807) is 0 Å². The molecule has 0 spiro atoms. The summed E-state index contributed by atoms with van der Waals surface area (Å²) >= 11 is 1.01. The molecule has 1 amide bonds. The molecule has 0 N–H and O–H groups in total. The molecule has 0 aliphatic rings. The van der Waals surface area contributed by atoms with Gasteiger partial charge in [0, 0.05) is 24.4 Å². The van der Waals surface area contributed by atoms with Crippen LogP contribution >= 0.6 is 23.7 Å². The van der Waals surface area contributed by atoms with Crippen LogP contribution in [0.4, 0.5) is 13.9 Å². The number of fused-ring (bicyclic) bond motifs is 1. The van der Waals surface area contributed by atoms with Crippen molar-refractivity contribution in [3.63, 3.8) is 0 Å². The molecule has 3 aromatic rings. The van der Waals surface area contributed by atoms with Crippen molar-refractivity contribution in [3.05, 3.63) is 53.6 Å². The Morgan fingerprint density at radius 2 is 1.84 bits per heavy atom. The second kappa shape index (κ2) is 9.99. The van der Waals surface area contributed by atoms with Gasteiger partial charge in [0.2, 0.25) is 0 Å². The maximum absolute atomic E-state index is 14.1. The lowest BCUT2D eigenvalue weighted by Gasteiger charge is -2.21. The zero-order chi connectivity index (χ0) is 22.1. The minimum Gasteiger partial charge on any atom is -0.309 e. The molecular formula is C20H22ClF2N3O3S2. The van der Waals surface area contributed by atoms with Gasteiger partial charge in [-0.05, 0) is 51.3 Å². The van der Waals surface area contributed by atoms with Crippen LogP contribution in [-0.2, 0) is 9.84 Å². The van der Waals surface area contributed by atoms with Gasteiger partial charge in [-0.25, -0.2) is 22.2 Å². The molecule has 11 heteroatoms. The van der Waals surface area contributed by atoms with Gasteiger partial charge in [-0.2, -0.15) is 0 Å². The molecule has 3 rings (SSSR count). The summed E-state index contributed by atoms with van der Waals surface area (Å²) in [6, 6.07) is 7.66. The van der Waals surface area contributed by atoms with Crippen molar-refractivity contribution in [2.45, 2.75) is 11.3 Å². The second-order valence-corrected chi connectivity index (χ2v) is 10.2. The van der Waals surface area contributed by atoms with E-state index in [2.05, 4.69) is 4.98 Å². The molecule has 0 aliphatic carbocycles. The Labute approximate surface area is 189 Å². The molecule has 0 fully saturated rings. The van der Waals surface area contributed by atoms with Gasteiger partial charge >= 0.3 is 0 Å². The predicted molar refractivity (Wildman–Crippen MR) is 121 cm³/mol. The summed E-state index contributed by atoms with van der Waals surface area (Å²) in [6.07, 6.45) is 1.67. The molecule has 0 aliphatic heterocycles. The Balaban J connectivity index is 0.00000341. The van der Waals surface area contributed by atoms with Crippen molar-refractivity contribution in [1.29, 1.82) is 0 Å². The van der Waals surface area contributed by atoms with Gasteiger partial charge < -0.3 is 4.90 Å². The summed E-state index contributed by atoms with van der Waals surface area (Å²) in [4.78, 5) is 20.8. The Kier molecular flexibility index (Phi) is 8.09. The van der Waals surface area contributed by atoms with Gasteiger partial charge in [0.1, 0.15) is 11.3 Å². The van der Waals surface area contributed by atoms with Crippen LogP contribution in [0.15, 0.2) is 41.3 Å². The van der Waals surface area contributed by atoms with E-state index in [4.69, 9.17) is 0 Å². The lowest BCUT2D eigenvalue weighted by atomic mass is 10.2. The molecule has 0 saturated heterocycles. The highest BCUT2D eigenvalue weighted by molar-refractivity contribution is 7.90. The van der Waals surface area contributed by atoms with E-state index in [0.717, 1.165) is 23.7 Å². The van der Waals surface area contributed by atoms with E-state index in [1.807, 2.05) is 19.0 Å². The largest absolute Gasteiger partial charge is 0.309 e. The first-order chi connectivity index (χ1) is 14.1. The zero-order valence-electron chi connectivity index (χ0n) is 17.1. The molecule has 0 unspecified atom stereocenters. The van der Waals surface area contributed by atoms with Gasteiger partial charge in [0.05, 0.1) is 9.60 Å². The number of nitrogens with zero attached hydrogens (tertiary/aromatic N) is 3. The fraction of sp³-hybridized carbons (Fsp3) is 0.300. The van der Waals surface area contributed by atoms with Crippen LogP contribution in [-0.4, -0.2) is 57.6 Å². The van der Waals surface area contributed by atoms with E-state index >= 15 is 0 Å². The van der Waals surface area contributed by atoms with Gasteiger partial charge in [-0.3, -0.25) is 9.69 Å². The first-order valence-electron chi connectivity index (χ1n) is 9.08. The molecule has 31 heavy (non-hydrogen) atoms. The van der Waals surface area contributed by atoms with Crippen LogP contribution < -0.4 is 4.90 Å². The summed E-state index contributed by atoms with van der Waals surface area (Å²) in [5.74, 6) is -1.98. The van der Waals surface area contributed by atoms with Crippen molar-refractivity contribution in [2.24, 2.45) is 0 Å². The smallest absolute Gasteiger partial charge is 0.260 e. The van der Waals surface area contributed by atoms with Crippen LogP contribution in [0.3, 0.4) is 0 Å². The van der Waals surface area contributed by atoms with E-state index < -0.39 is 27.4 Å². The number of rotatable bonds is 7. The number of thiazole rings is 1. The van der Waals surface area contributed by atoms with Crippen molar-refractivity contribution < 1.29 is 22.0 Å². The first-order valence-corrected chi connectivity index (χ1v) is 11.8. The topological polar surface area (TPSA) is 70.6 Å². The summed E-state index contributed by atoms with van der Waals surface area (Å²) in [7, 11) is 0.311. The molecule has 6 nitrogen and oxygen atoms in total. The minimum absolute atomic E-state index is 0. The monoisotopic (exact) mass is 489 g/mol. The molecule has 0 radical (unpaired) electrons. The number of carbonyl (C=O) groups is 1. The van der Waals surface area contributed by atoms with Gasteiger partial charge in [-0.1, -0.05) is 17.4 Å². The second-order valence-electron chi connectivity index (χ2n) is 7.14. The van der Waals surface area contributed by atoms with Crippen LogP contribution in [0.5, 0.6) is 0 Å². The summed E-state index contributed by atoms with van der Waals surface area (Å²) < 4.78 is 51.7. The van der Waals surface area contributed by atoms with E-state index in [-0.39, 0.29) is 44.8 Å². The summed E-state index contributed by atoms with van der Waals surface area (Å²) in [5, 5.41) is 0.225. The third-order valence-electron chi connectivity index (χ3n) is 4.37. The van der Waals surface area contributed by atoms with Crippen LogP contribution in [0.2, 0.25) is 0 Å². The number of sulfone groups is 1. The van der Waals surface area contributed by atoms with Crippen molar-refractivity contribution >= 4 is 54.8 Å². The molecule has 0 atom stereocenters. The van der Waals surface area contributed by atoms with Crippen LogP contribution in [0.25, 0.3) is 10.2 Å². The maximum Gasteiger partial charge on any atom is 0.260 e. The van der Waals surface area contributed by atoms with Crippen LogP contribution in [0.1, 0.15) is 16.8 Å². The molecular weight excluding hydrogens is 468 g/mol. The van der Waals surface area contributed by atoms with Crippen LogP contribution in [0, 0.1) is 11.6 Å². The Morgan fingerprint density at radius 1 is 1.13 bits per heavy atom. The molecule has 0 saturated carbocycles. The lowest BCUT2D eigenvalue weighted by Crippen LogP contribution is -2.33. The fourth-order valence-corrected chi connectivity index (χ4v) is 4.60. The number of benzene rings is 2. The quantitative estimate of drug-likeness (QED) is 0.501.